The summed E-state index contributed by atoms with van der Waals surface area (Å²) >= 11 is 5.68. The molecule has 1 N–H and O–H groups in total. The lowest BCUT2D eigenvalue weighted by Crippen LogP contribution is -2.52. The summed E-state index contributed by atoms with van der Waals surface area (Å²) in [6, 6.07) is 2.16. The Morgan fingerprint density at radius 1 is 1.56 bits per heavy atom. The molecule has 0 aromatic carbocycles. The topological polar surface area (TPSA) is 77.7 Å². The highest BCUT2D eigenvalue weighted by molar-refractivity contribution is 6.28. The summed E-state index contributed by atoms with van der Waals surface area (Å²) in [5.74, 6) is 0.327. The Bertz CT molecular complexity index is 399. The fourth-order valence-electron chi connectivity index (χ4n) is 1.10. The van der Waals surface area contributed by atoms with E-state index in [1.54, 1.807) is 18.9 Å². The van der Waals surface area contributed by atoms with E-state index in [0.717, 1.165) is 0 Å². The van der Waals surface area contributed by atoms with Crippen LogP contribution >= 0.6 is 11.6 Å². The van der Waals surface area contributed by atoms with E-state index in [4.69, 9.17) is 16.9 Å². The first-order valence-corrected chi connectivity index (χ1v) is 5.18. The van der Waals surface area contributed by atoms with Gasteiger partial charge in [0, 0.05) is 6.54 Å². The number of hydrogen-bond acceptors (Lipinski definition) is 6. The Kier molecular flexibility index (Phi) is 3.99. The van der Waals surface area contributed by atoms with Gasteiger partial charge in [-0.3, -0.25) is 5.01 Å². The molecule has 7 heteroatoms. The van der Waals surface area contributed by atoms with E-state index in [-0.39, 0.29) is 5.28 Å². The van der Waals surface area contributed by atoms with Gasteiger partial charge < -0.3 is 0 Å². The van der Waals surface area contributed by atoms with Gasteiger partial charge in [-0.1, -0.05) is 6.92 Å². The first-order valence-electron chi connectivity index (χ1n) is 4.80. The van der Waals surface area contributed by atoms with Gasteiger partial charge in [-0.05, 0) is 25.4 Å². The standard InChI is InChI=1S/C9H13ClN6/c1-4-14-16(9(2,3)5-11)8-13-6-12-7(10)15-8/h6,14H,4H2,1-3H3. The maximum absolute atomic E-state index is 9.09. The van der Waals surface area contributed by atoms with E-state index in [1.807, 2.05) is 6.92 Å². The number of nitriles is 1. The van der Waals surface area contributed by atoms with Gasteiger partial charge in [0.15, 0.2) is 0 Å². The minimum Gasteiger partial charge on any atom is -0.256 e. The highest BCUT2D eigenvalue weighted by Gasteiger charge is 2.28. The number of anilines is 1. The van der Waals surface area contributed by atoms with Crippen molar-refractivity contribution in [1.82, 2.24) is 20.4 Å². The summed E-state index contributed by atoms with van der Waals surface area (Å²) in [7, 11) is 0. The summed E-state index contributed by atoms with van der Waals surface area (Å²) in [6.45, 7) is 6.08. The molecule has 1 aromatic heterocycles. The molecule has 0 saturated carbocycles. The molecule has 16 heavy (non-hydrogen) atoms. The molecule has 0 fully saturated rings. The number of aromatic nitrogens is 3. The number of hydrogen-bond donors (Lipinski definition) is 1. The van der Waals surface area contributed by atoms with Crippen LogP contribution in [-0.4, -0.2) is 27.0 Å². The smallest absolute Gasteiger partial charge is 0.245 e. The molecule has 0 aliphatic carbocycles. The maximum atomic E-state index is 9.09. The van der Waals surface area contributed by atoms with Crippen molar-refractivity contribution in [3.05, 3.63) is 11.6 Å². The third-order valence-electron chi connectivity index (χ3n) is 1.88. The van der Waals surface area contributed by atoms with Gasteiger partial charge in [0.1, 0.15) is 11.9 Å². The van der Waals surface area contributed by atoms with Crippen LogP contribution in [0.3, 0.4) is 0 Å². The molecule has 0 unspecified atom stereocenters. The monoisotopic (exact) mass is 240 g/mol. The molecule has 0 radical (unpaired) electrons. The first kappa shape index (κ1) is 12.6. The lowest BCUT2D eigenvalue weighted by molar-refractivity contribution is 0.485. The second-order valence-corrected chi connectivity index (χ2v) is 3.91. The molecule has 1 rings (SSSR count). The molecule has 0 saturated heterocycles. The van der Waals surface area contributed by atoms with Crippen LogP contribution in [0.1, 0.15) is 20.8 Å². The molecule has 0 bridgehead atoms. The van der Waals surface area contributed by atoms with E-state index >= 15 is 0 Å². The summed E-state index contributed by atoms with van der Waals surface area (Å²) in [6.07, 6.45) is 1.31. The number of nitrogens with zero attached hydrogens (tertiary/aromatic N) is 5. The van der Waals surface area contributed by atoms with E-state index < -0.39 is 5.54 Å². The van der Waals surface area contributed by atoms with Crippen LogP contribution in [0.15, 0.2) is 6.33 Å². The average Bonchev–Trinajstić information content (AvgIpc) is 2.25. The molecule has 0 amide bonds. The van der Waals surface area contributed by atoms with Crippen LogP contribution in [0.2, 0.25) is 5.28 Å². The van der Waals surface area contributed by atoms with Crippen molar-refractivity contribution in [2.45, 2.75) is 26.3 Å². The van der Waals surface area contributed by atoms with Gasteiger partial charge in [-0.2, -0.15) is 15.2 Å². The third-order valence-corrected chi connectivity index (χ3v) is 2.06. The van der Waals surface area contributed by atoms with E-state index in [9.17, 15) is 0 Å². The van der Waals surface area contributed by atoms with Crippen LogP contribution < -0.4 is 10.4 Å². The van der Waals surface area contributed by atoms with E-state index in [0.29, 0.717) is 12.5 Å². The molecule has 0 atom stereocenters. The van der Waals surface area contributed by atoms with Crippen LogP contribution in [0, 0.1) is 11.3 Å². The molecule has 0 spiro atoms. The van der Waals surface area contributed by atoms with Crippen molar-refractivity contribution in [1.29, 1.82) is 5.26 Å². The largest absolute Gasteiger partial charge is 0.256 e. The highest BCUT2D eigenvalue weighted by atomic mass is 35.5. The Morgan fingerprint density at radius 3 is 2.75 bits per heavy atom. The Labute approximate surface area is 99.3 Å². The molecule has 0 aliphatic rings. The SMILES string of the molecule is CCNN(c1ncnc(Cl)n1)C(C)(C)C#N. The number of hydrazine groups is 1. The Morgan fingerprint density at radius 2 is 2.25 bits per heavy atom. The fourth-order valence-corrected chi connectivity index (χ4v) is 1.22. The van der Waals surface area contributed by atoms with Gasteiger partial charge in [-0.15, -0.1) is 0 Å². The van der Waals surface area contributed by atoms with E-state index in [2.05, 4.69) is 26.4 Å². The van der Waals surface area contributed by atoms with Crippen molar-refractivity contribution in [3.63, 3.8) is 0 Å². The zero-order valence-corrected chi connectivity index (χ0v) is 10.2. The van der Waals surface area contributed by atoms with Crippen LogP contribution in [-0.2, 0) is 0 Å². The zero-order valence-electron chi connectivity index (χ0n) is 9.40. The zero-order chi connectivity index (χ0) is 12.2. The quantitative estimate of drug-likeness (QED) is 0.796. The van der Waals surface area contributed by atoms with Gasteiger partial charge in [0.25, 0.3) is 0 Å². The molecule has 0 aliphatic heterocycles. The number of halogens is 1. The number of rotatable bonds is 4. The van der Waals surface area contributed by atoms with Gasteiger partial charge in [0.05, 0.1) is 6.07 Å². The highest BCUT2D eigenvalue weighted by Crippen LogP contribution is 2.17. The fraction of sp³-hybridized carbons (Fsp3) is 0.556. The molecule has 1 aromatic rings. The van der Waals surface area contributed by atoms with E-state index in [1.165, 1.54) is 6.33 Å². The minimum atomic E-state index is -0.777. The van der Waals surface area contributed by atoms with Crippen molar-refractivity contribution >= 4 is 17.5 Å². The second kappa shape index (κ2) is 5.05. The predicted molar refractivity (Wildman–Crippen MR) is 60.7 cm³/mol. The summed E-state index contributed by atoms with van der Waals surface area (Å²) in [5, 5.41) is 10.8. The number of nitrogens with one attached hydrogen (secondary N) is 1. The van der Waals surface area contributed by atoms with Gasteiger partial charge >= 0.3 is 0 Å². The Balaban J connectivity index is 3.08. The third kappa shape index (κ3) is 2.78. The Hall–Kier alpha value is -1.45. The van der Waals surface area contributed by atoms with Crippen molar-refractivity contribution < 1.29 is 0 Å². The molecule has 86 valence electrons. The predicted octanol–water partition coefficient (Wildman–Crippen LogP) is 1.16. The van der Waals surface area contributed by atoms with Crippen molar-refractivity contribution in [3.8, 4) is 6.07 Å². The normalized spacial score (nSPS) is 10.9. The van der Waals surface area contributed by atoms with Crippen molar-refractivity contribution in [2.75, 3.05) is 11.6 Å². The van der Waals surface area contributed by atoms with Gasteiger partial charge in [-0.25, -0.2) is 10.4 Å². The average molecular weight is 241 g/mol. The van der Waals surface area contributed by atoms with Crippen molar-refractivity contribution in [2.24, 2.45) is 0 Å². The van der Waals surface area contributed by atoms with Gasteiger partial charge in [0.2, 0.25) is 11.2 Å². The molecular formula is C9H13ClN6. The van der Waals surface area contributed by atoms with Crippen LogP contribution in [0.5, 0.6) is 0 Å². The summed E-state index contributed by atoms with van der Waals surface area (Å²) in [5.41, 5.74) is 2.24. The second-order valence-electron chi connectivity index (χ2n) is 3.57. The summed E-state index contributed by atoms with van der Waals surface area (Å²) < 4.78 is 0. The molecular weight excluding hydrogens is 228 g/mol. The van der Waals surface area contributed by atoms with Crippen LogP contribution in [0.4, 0.5) is 5.95 Å². The summed E-state index contributed by atoms with van der Waals surface area (Å²) in [4.78, 5) is 11.6. The molecule has 1 heterocycles. The maximum Gasteiger partial charge on any atom is 0.245 e. The lowest BCUT2D eigenvalue weighted by Gasteiger charge is -2.32. The minimum absolute atomic E-state index is 0.0987. The first-order chi connectivity index (χ1) is 7.51. The molecule has 6 nitrogen and oxygen atoms in total. The van der Waals surface area contributed by atoms with Crippen LogP contribution in [0.25, 0.3) is 0 Å². The lowest BCUT2D eigenvalue weighted by atomic mass is 10.1.